The molecule has 1 aromatic heterocycles. The van der Waals surface area contributed by atoms with Crippen LogP contribution in [0.2, 0.25) is 0 Å². The summed E-state index contributed by atoms with van der Waals surface area (Å²) in [7, 11) is 0. The van der Waals surface area contributed by atoms with Gasteiger partial charge in [-0.3, -0.25) is 0 Å². The molecule has 0 bridgehead atoms. The Hall–Kier alpha value is -1.83. The molecule has 0 spiro atoms. The molecule has 0 unspecified atom stereocenters. The molecule has 0 saturated carbocycles. The van der Waals surface area contributed by atoms with Gasteiger partial charge in [-0.15, -0.1) is 0 Å². The summed E-state index contributed by atoms with van der Waals surface area (Å²) in [6.07, 6.45) is 9.58. The van der Waals surface area contributed by atoms with Crippen LogP contribution in [0.15, 0.2) is 61.1 Å². The molecule has 2 heteroatoms. The normalized spacial score (nSPS) is 15.1. The average Bonchev–Trinajstić information content (AvgIpc) is 2.20. The van der Waals surface area contributed by atoms with Gasteiger partial charge in [-0.1, -0.05) is 12.6 Å². The molecule has 0 N–H and O–H groups in total. The topological polar surface area (TPSA) is 16.1 Å². The van der Waals surface area contributed by atoms with Gasteiger partial charge in [-0.25, -0.2) is 4.98 Å². The smallest absolute Gasteiger partial charge is 0.136 e. The average molecular weight is 170 g/mol. The van der Waals surface area contributed by atoms with Gasteiger partial charge in [0.15, 0.2) is 0 Å². The number of aromatic nitrogens is 1. The van der Waals surface area contributed by atoms with Crippen molar-refractivity contribution in [2.45, 2.75) is 0 Å². The highest BCUT2D eigenvalue weighted by Crippen LogP contribution is 2.15. The molecule has 0 fully saturated rings. The van der Waals surface area contributed by atoms with Crippen LogP contribution >= 0.6 is 0 Å². The predicted octanol–water partition coefficient (Wildman–Crippen LogP) is 2.49. The van der Waals surface area contributed by atoms with Crippen LogP contribution in [0.4, 0.5) is 5.82 Å². The van der Waals surface area contributed by atoms with E-state index in [-0.39, 0.29) is 0 Å². The highest BCUT2D eigenvalue weighted by molar-refractivity contribution is 5.51. The van der Waals surface area contributed by atoms with E-state index in [4.69, 9.17) is 0 Å². The Balaban J connectivity index is 2.25. The Labute approximate surface area is 77.5 Å². The summed E-state index contributed by atoms with van der Waals surface area (Å²) in [6, 6.07) is 5.83. The molecule has 1 aliphatic rings. The molecule has 0 amide bonds. The van der Waals surface area contributed by atoms with Crippen molar-refractivity contribution in [2.24, 2.45) is 0 Å². The Morgan fingerprint density at radius 2 is 1.92 bits per heavy atom. The number of allylic oxidation sites excluding steroid dienone is 3. The van der Waals surface area contributed by atoms with E-state index < -0.39 is 0 Å². The first-order valence-corrected chi connectivity index (χ1v) is 4.11. The number of hydrogen-bond donors (Lipinski definition) is 0. The summed E-state index contributed by atoms with van der Waals surface area (Å²) in [5.41, 5.74) is 1.01. The first-order valence-electron chi connectivity index (χ1n) is 4.11. The fourth-order valence-electron chi connectivity index (χ4n) is 1.12. The van der Waals surface area contributed by atoms with Crippen LogP contribution < -0.4 is 4.90 Å². The monoisotopic (exact) mass is 170 g/mol. The van der Waals surface area contributed by atoms with Crippen molar-refractivity contribution in [3.63, 3.8) is 0 Å². The number of rotatable bonds is 1. The van der Waals surface area contributed by atoms with Gasteiger partial charge >= 0.3 is 0 Å². The van der Waals surface area contributed by atoms with Crippen LogP contribution in [0.5, 0.6) is 0 Å². The van der Waals surface area contributed by atoms with Crippen molar-refractivity contribution in [3.05, 3.63) is 61.1 Å². The minimum Gasteiger partial charge on any atom is -0.309 e. The molecule has 0 aromatic carbocycles. The number of nitrogens with zero attached hydrogens (tertiary/aromatic N) is 2. The lowest BCUT2D eigenvalue weighted by Gasteiger charge is -2.16. The van der Waals surface area contributed by atoms with Gasteiger partial charge in [-0.2, -0.15) is 0 Å². The molecule has 64 valence electrons. The fraction of sp³-hybridized carbons (Fsp3) is 0. The standard InChI is InChI=1S/C11H10N2/c1-10-5-8-13(9-6-10)11-4-2-3-7-12-11/h2-9H,1H2. The maximum atomic E-state index is 4.22. The van der Waals surface area contributed by atoms with Gasteiger partial charge in [0.25, 0.3) is 0 Å². The van der Waals surface area contributed by atoms with E-state index in [0.717, 1.165) is 11.4 Å². The van der Waals surface area contributed by atoms with Crippen molar-refractivity contribution < 1.29 is 0 Å². The maximum absolute atomic E-state index is 4.22. The van der Waals surface area contributed by atoms with Crippen LogP contribution in [0.25, 0.3) is 0 Å². The quantitative estimate of drug-likeness (QED) is 0.643. The number of pyridine rings is 1. The fourth-order valence-corrected chi connectivity index (χ4v) is 1.12. The molecule has 0 aliphatic carbocycles. The molecular formula is C11H10N2. The van der Waals surface area contributed by atoms with Crippen LogP contribution in [0.3, 0.4) is 0 Å². The van der Waals surface area contributed by atoms with Gasteiger partial charge < -0.3 is 4.90 Å². The van der Waals surface area contributed by atoms with Crippen LogP contribution in [0.1, 0.15) is 0 Å². The van der Waals surface area contributed by atoms with E-state index in [1.807, 2.05) is 47.7 Å². The molecule has 2 heterocycles. The molecule has 0 atom stereocenters. The van der Waals surface area contributed by atoms with Crippen LogP contribution in [-0.4, -0.2) is 4.98 Å². The van der Waals surface area contributed by atoms with Crippen molar-refractivity contribution >= 4 is 5.82 Å². The Morgan fingerprint density at radius 3 is 2.54 bits per heavy atom. The third kappa shape index (κ3) is 1.67. The van der Waals surface area contributed by atoms with Crippen molar-refractivity contribution in [1.29, 1.82) is 0 Å². The second kappa shape index (κ2) is 3.27. The van der Waals surface area contributed by atoms with Gasteiger partial charge in [-0.05, 0) is 29.9 Å². The van der Waals surface area contributed by atoms with Crippen LogP contribution in [-0.2, 0) is 0 Å². The van der Waals surface area contributed by atoms with Gasteiger partial charge in [0.1, 0.15) is 5.82 Å². The van der Waals surface area contributed by atoms with Crippen molar-refractivity contribution in [3.8, 4) is 0 Å². The lowest BCUT2D eigenvalue weighted by molar-refractivity contribution is 1.16. The first-order chi connectivity index (χ1) is 6.36. The summed E-state index contributed by atoms with van der Waals surface area (Å²) in [4.78, 5) is 6.17. The summed E-state index contributed by atoms with van der Waals surface area (Å²) < 4.78 is 0. The summed E-state index contributed by atoms with van der Waals surface area (Å²) in [5.74, 6) is 0.919. The molecule has 0 saturated heterocycles. The summed E-state index contributed by atoms with van der Waals surface area (Å²) in [5, 5.41) is 0. The van der Waals surface area contributed by atoms with Crippen molar-refractivity contribution in [1.82, 2.24) is 4.98 Å². The van der Waals surface area contributed by atoms with E-state index in [0.29, 0.717) is 0 Å². The number of anilines is 1. The molecule has 2 nitrogen and oxygen atoms in total. The molecule has 1 aliphatic heterocycles. The molecular weight excluding hydrogens is 160 g/mol. The van der Waals surface area contributed by atoms with E-state index in [2.05, 4.69) is 11.6 Å². The first kappa shape index (κ1) is 7.80. The van der Waals surface area contributed by atoms with E-state index >= 15 is 0 Å². The predicted molar refractivity (Wildman–Crippen MR) is 54.1 cm³/mol. The largest absolute Gasteiger partial charge is 0.309 e. The minimum absolute atomic E-state index is 0.919. The zero-order valence-electron chi connectivity index (χ0n) is 7.22. The molecule has 13 heavy (non-hydrogen) atoms. The van der Waals surface area contributed by atoms with E-state index in [9.17, 15) is 0 Å². The highest BCUT2D eigenvalue weighted by atomic mass is 15.2. The van der Waals surface area contributed by atoms with Gasteiger partial charge in [0.05, 0.1) is 0 Å². The number of hydrogen-bond acceptors (Lipinski definition) is 2. The summed E-state index contributed by atoms with van der Waals surface area (Å²) in [6.45, 7) is 3.82. The molecule has 0 radical (unpaired) electrons. The zero-order valence-corrected chi connectivity index (χ0v) is 7.22. The lowest BCUT2D eigenvalue weighted by atomic mass is 10.2. The second-order valence-corrected chi connectivity index (χ2v) is 2.80. The zero-order chi connectivity index (χ0) is 9.10. The van der Waals surface area contributed by atoms with Gasteiger partial charge in [0.2, 0.25) is 0 Å². The van der Waals surface area contributed by atoms with Crippen LogP contribution in [0, 0.1) is 0 Å². The minimum atomic E-state index is 0.919. The Kier molecular flexibility index (Phi) is 1.96. The lowest BCUT2D eigenvalue weighted by Crippen LogP contribution is -2.10. The third-order valence-electron chi connectivity index (χ3n) is 1.81. The molecule has 1 aromatic rings. The highest BCUT2D eigenvalue weighted by Gasteiger charge is 2.01. The maximum Gasteiger partial charge on any atom is 0.136 e. The molecule has 2 rings (SSSR count). The Bertz CT molecular complexity index is 347. The van der Waals surface area contributed by atoms with Gasteiger partial charge in [0, 0.05) is 18.6 Å². The van der Waals surface area contributed by atoms with E-state index in [1.165, 1.54) is 0 Å². The van der Waals surface area contributed by atoms with Crippen molar-refractivity contribution in [2.75, 3.05) is 4.90 Å². The SMILES string of the molecule is C=C1C=CN(c2ccccn2)C=C1. The summed E-state index contributed by atoms with van der Waals surface area (Å²) >= 11 is 0. The third-order valence-corrected chi connectivity index (χ3v) is 1.81. The second-order valence-electron chi connectivity index (χ2n) is 2.80. The van der Waals surface area contributed by atoms with E-state index in [1.54, 1.807) is 6.20 Å². The Morgan fingerprint density at radius 1 is 1.15 bits per heavy atom.